The summed E-state index contributed by atoms with van der Waals surface area (Å²) in [6.07, 6.45) is 2.82. The number of nitrogens with one attached hydrogen (secondary N) is 1. The van der Waals surface area contributed by atoms with Crippen molar-refractivity contribution in [3.05, 3.63) is 59.7 Å². The quantitative estimate of drug-likeness (QED) is 0.694. The van der Waals surface area contributed by atoms with Crippen LogP contribution in [-0.2, 0) is 22.3 Å². The molecule has 1 aliphatic heterocycles. The molecule has 3 nitrogen and oxygen atoms in total. The Morgan fingerprint density at radius 1 is 0.913 bits per heavy atom. The summed E-state index contributed by atoms with van der Waals surface area (Å²) in [5.74, 6) is -0.389. The Morgan fingerprint density at radius 2 is 1.48 bits per heavy atom. The standard InChI is InChI=1S/C19H20BNO2/c20-12-14-3-7-16(8-4-14)15-5-1-13(2-6-15)11-17-9-10-18(22)21-19(17)23/h1-8,17H,9-12,20H2,(H,21,22,23). The molecule has 1 unspecified atom stereocenters. The van der Waals surface area contributed by atoms with Gasteiger partial charge in [-0.05, 0) is 29.5 Å². The molecule has 3 rings (SSSR count). The first-order valence-electron chi connectivity index (χ1n) is 8.17. The van der Waals surface area contributed by atoms with Gasteiger partial charge in [-0.1, -0.05) is 60.4 Å². The van der Waals surface area contributed by atoms with Gasteiger partial charge in [0.15, 0.2) is 0 Å². The first-order valence-corrected chi connectivity index (χ1v) is 8.17. The molecule has 1 heterocycles. The summed E-state index contributed by atoms with van der Waals surface area (Å²) >= 11 is 0. The van der Waals surface area contributed by atoms with Crippen LogP contribution >= 0.6 is 0 Å². The Labute approximate surface area is 137 Å². The Balaban J connectivity index is 1.69. The lowest BCUT2D eigenvalue weighted by atomic mass is 9.90. The van der Waals surface area contributed by atoms with Gasteiger partial charge in [0.05, 0.1) is 0 Å². The van der Waals surface area contributed by atoms with Gasteiger partial charge in [0.25, 0.3) is 0 Å². The van der Waals surface area contributed by atoms with Crippen LogP contribution in [0.3, 0.4) is 0 Å². The fourth-order valence-electron chi connectivity index (χ4n) is 2.98. The Kier molecular flexibility index (Phi) is 4.61. The third-order valence-electron chi connectivity index (χ3n) is 4.48. The summed E-state index contributed by atoms with van der Waals surface area (Å²) in [4.78, 5) is 23.0. The fraction of sp³-hybridized carbons (Fsp3) is 0.263. The minimum atomic E-state index is -0.155. The first kappa shape index (κ1) is 15.5. The van der Waals surface area contributed by atoms with Gasteiger partial charge in [0.1, 0.15) is 7.85 Å². The maximum absolute atomic E-state index is 11.8. The lowest BCUT2D eigenvalue weighted by molar-refractivity contribution is -0.136. The predicted molar refractivity (Wildman–Crippen MR) is 93.7 cm³/mol. The van der Waals surface area contributed by atoms with E-state index in [4.69, 9.17) is 0 Å². The maximum Gasteiger partial charge on any atom is 0.230 e. The topological polar surface area (TPSA) is 46.2 Å². The van der Waals surface area contributed by atoms with Crippen molar-refractivity contribution in [3.63, 3.8) is 0 Å². The molecule has 0 aromatic heterocycles. The van der Waals surface area contributed by atoms with Gasteiger partial charge in [-0.3, -0.25) is 14.9 Å². The van der Waals surface area contributed by atoms with Crippen molar-refractivity contribution in [2.75, 3.05) is 0 Å². The SMILES string of the molecule is BCc1ccc(-c2ccc(CC3CCC(=O)NC3=O)cc2)cc1. The molecule has 1 atom stereocenters. The molecule has 116 valence electrons. The van der Waals surface area contributed by atoms with Crippen molar-refractivity contribution in [1.29, 1.82) is 0 Å². The van der Waals surface area contributed by atoms with Crippen molar-refractivity contribution in [1.82, 2.24) is 5.32 Å². The summed E-state index contributed by atoms with van der Waals surface area (Å²) < 4.78 is 0. The van der Waals surface area contributed by atoms with Crippen molar-refractivity contribution in [2.45, 2.75) is 25.6 Å². The zero-order valence-electron chi connectivity index (χ0n) is 13.3. The zero-order chi connectivity index (χ0) is 16.2. The maximum atomic E-state index is 11.8. The van der Waals surface area contributed by atoms with Crippen LogP contribution in [-0.4, -0.2) is 19.7 Å². The number of piperidine rings is 1. The lowest BCUT2D eigenvalue weighted by Crippen LogP contribution is -2.41. The fourth-order valence-corrected chi connectivity index (χ4v) is 2.98. The molecule has 1 N–H and O–H groups in total. The number of hydrogen-bond donors (Lipinski definition) is 1. The highest BCUT2D eigenvalue weighted by Crippen LogP contribution is 2.23. The van der Waals surface area contributed by atoms with Gasteiger partial charge < -0.3 is 0 Å². The molecule has 0 spiro atoms. The second-order valence-corrected chi connectivity index (χ2v) is 6.10. The van der Waals surface area contributed by atoms with E-state index in [9.17, 15) is 9.59 Å². The molecule has 0 bridgehead atoms. The van der Waals surface area contributed by atoms with E-state index in [1.807, 2.05) is 0 Å². The van der Waals surface area contributed by atoms with Crippen LogP contribution < -0.4 is 5.32 Å². The average molecular weight is 305 g/mol. The summed E-state index contributed by atoms with van der Waals surface area (Å²) in [6, 6.07) is 17.0. The molecule has 2 aromatic rings. The number of hydrogen-bond acceptors (Lipinski definition) is 2. The Hall–Kier alpha value is -2.36. The van der Waals surface area contributed by atoms with Gasteiger partial charge in [-0.2, -0.15) is 0 Å². The van der Waals surface area contributed by atoms with Crippen molar-refractivity contribution in [2.24, 2.45) is 5.92 Å². The van der Waals surface area contributed by atoms with Crippen LogP contribution in [0.4, 0.5) is 0 Å². The second kappa shape index (κ2) is 6.82. The number of carbonyl (C=O) groups is 2. The van der Waals surface area contributed by atoms with E-state index in [0.717, 1.165) is 11.9 Å². The zero-order valence-corrected chi connectivity index (χ0v) is 13.3. The molecule has 4 heteroatoms. The number of benzene rings is 2. The average Bonchev–Trinajstić information content (AvgIpc) is 2.58. The van der Waals surface area contributed by atoms with E-state index in [-0.39, 0.29) is 17.7 Å². The third-order valence-corrected chi connectivity index (χ3v) is 4.48. The molecule has 1 aliphatic rings. The van der Waals surface area contributed by atoms with E-state index in [0.29, 0.717) is 19.3 Å². The molecule has 23 heavy (non-hydrogen) atoms. The lowest BCUT2D eigenvalue weighted by Gasteiger charge is -2.20. The summed E-state index contributed by atoms with van der Waals surface area (Å²) in [5.41, 5.74) is 4.85. The molecule has 0 aliphatic carbocycles. The number of amides is 2. The Morgan fingerprint density at radius 3 is 2.00 bits per heavy atom. The third kappa shape index (κ3) is 3.70. The van der Waals surface area contributed by atoms with E-state index in [2.05, 4.69) is 61.7 Å². The Bertz CT molecular complexity index is 707. The minimum Gasteiger partial charge on any atom is -0.296 e. The highest BCUT2D eigenvalue weighted by molar-refractivity contribution is 6.08. The van der Waals surface area contributed by atoms with Gasteiger partial charge in [-0.25, -0.2) is 0 Å². The molecule has 1 fully saturated rings. The molecule has 2 aromatic carbocycles. The normalized spacial score (nSPS) is 17.8. The van der Waals surface area contributed by atoms with Gasteiger partial charge in [0, 0.05) is 12.3 Å². The van der Waals surface area contributed by atoms with Crippen LogP contribution in [0.25, 0.3) is 11.1 Å². The molecular weight excluding hydrogens is 285 g/mol. The summed E-state index contributed by atoms with van der Waals surface area (Å²) in [7, 11) is 2.15. The number of rotatable bonds is 4. The molecule has 2 amide bonds. The molecule has 0 radical (unpaired) electrons. The van der Waals surface area contributed by atoms with E-state index in [1.54, 1.807) is 0 Å². The van der Waals surface area contributed by atoms with Crippen molar-refractivity contribution < 1.29 is 9.59 Å². The van der Waals surface area contributed by atoms with Crippen LogP contribution in [0.1, 0.15) is 24.0 Å². The number of carbonyl (C=O) groups excluding carboxylic acids is 2. The van der Waals surface area contributed by atoms with Crippen LogP contribution in [0.15, 0.2) is 48.5 Å². The van der Waals surface area contributed by atoms with Crippen molar-refractivity contribution in [3.8, 4) is 11.1 Å². The van der Waals surface area contributed by atoms with Gasteiger partial charge >= 0.3 is 0 Å². The highest BCUT2D eigenvalue weighted by Gasteiger charge is 2.26. The summed E-state index contributed by atoms with van der Waals surface area (Å²) in [6.45, 7) is 0. The van der Waals surface area contributed by atoms with E-state index < -0.39 is 0 Å². The minimum absolute atomic E-state index is 0.0950. The highest BCUT2D eigenvalue weighted by atomic mass is 16.2. The van der Waals surface area contributed by atoms with Crippen LogP contribution in [0, 0.1) is 5.92 Å². The van der Waals surface area contributed by atoms with E-state index >= 15 is 0 Å². The summed E-state index contributed by atoms with van der Waals surface area (Å²) in [5, 5.41) is 2.42. The molecule has 1 saturated heterocycles. The monoisotopic (exact) mass is 305 g/mol. The van der Waals surface area contributed by atoms with Crippen molar-refractivity contribution >= 4 is 19.7 Å². The number of imide groups is 1. The van der Waals surface area contributed by atoms with Gasteiger partial charge in [0.2, 0.25) is 11.8 Å². The molecule has 0 saturated carbocycles. The predicted octanol–water partition coefficient (Wildman–Crippen LogP) is 2.08. The van der Waals surface area contributed by atoms with E-state index in [1.165, 1.54) is 16.7 Å². The largest absolute Gasteiger partial charge is 0.296 e. The van der Waals surface area contributed by atoms with Crippen LogP contribution in [0.5, 0.6) is 0 Å². The smallest absolute Gasteiger partial charge is 0.230 e. The van der Waals surface area contributed by atoms with Gasteiger partial charge in [-0.15, -0.1) is 0 Å². The molecular formula is C19H20BNO2. The first-order chi connectivity index (χ1) is 11.2. The van der Waals surface area contributed by atoms with Crippen LogP contribution in [0.2, 0.25) is 0 Å². The second-order valence-electron chi connectivity index (χ2n) is 6.10.